The van der Waals surface area contributed by atoms with Crippen molar-refractivity contribution >= 4 is 22.6 Å². The van der Waals surface area contributed by atoms with Gasteiger partial charge in [-0.05, 0) is 36.6 Å². The fourth-order valence-electron chi connectivity index (χ4n) is 1.65. The van der Waals surface area contributed by atoms with Crippen LogP contribution < -0.4 is 10.1 Å². The van der Waals surface area contributed by atoms with Crippen LogP contribution in [-0.2, 0) is 0 Å². The Morgan fingerprint density at radius 1 is 1.47 bits per heavy atom. The molecule has 1 heterocycles. The minimum absolute atomic E-state index is 0.683. The third-order valence-electron chi connectivity index (χ3n) is 2.73. The largest absolute Gasteiger partial charge is 0.497 e. The third-order valence-corrected chi connectivity index (χ3v) is 3.97. The average molecular weight is 250 g/mol. The molecule has 1 aromatic carbocycles. The molecule has 0 saturated heterocycles. The highest BCUT2D eigenvalue weighted by Crippen LogP contribution is 2.24. The highest BCUT2D eigenvalue weighted by atomic mass is 32.2. The predicted octanol–water partition coefficient (Wildman–Crippen LogP) is 3.15. The van der Waals surface area contributed by atoms with Crippen LogP contribution in [-0.4, -0.2) is 24.6 Å². The molecule has 4 heteroatoms. The van der Waals surface area contributed by atoms with Gasteiger partial charge in [0.2, 0.25) is 0 Å². The lowest BCUT2D eigenvalue weighted by atomic mass is 10.2. The summed E-state index contributed by atoms with van der Waals surface area (Å²) in [4.78, 5) is 4.53. The van der Waals surface area contributed by atoms with Crippen molar-refractivity contribution in [3.63, 3.8) is 0 Å². The number of nitrogens with zero attached hydrogens (tertiary/aromatic N) is 1. The molecule has 1 aliphatic heterocycles. The molecule has 92 valence electrons. The van der Waals surface area contributed by atoms with Gasteiger partial charge in [0, 0.05) is 18.0 Å². The first-order valence-electron chi connectivity index (χ1n) is 5.78. The Balaban J connectivity index is 2.08. The molecule has 0 fully saturated rings. The second-order valence-corrected chi connectivity index (χ2v) is 5.38. The zero-order valence-electron chi connectivity index (χ0n) is 10.5. The van der Waals surface area contributed by atoms with Gasteiger partial charge < -0.3 is 10.1 Å². The molecule has 0 amide bonds. The molecule has 0 saturated carbocycles. The first kappa shape index (κ1) is 12.3. The number of nitrogens with one attached hydrogen (secondary N) is 1. The minimum atomic E-state index is 0.683. The molecule has 1 unspecified atom stereocenters. The molecule has 1 atom stereocenters. The molecule has 0 spiro atoms. The van der Waals surface area contributed by atoms with Gasteiger partial charge in [0.1, 0.15) is 5.75 Å². The lowest BCUT2D eigenvalue weighted by Crippen LogP contribution is -2.19. The normalized spacial score (nSPS) is 19.7. The van der Waals surface area contributed by atoms with Gasteiger partial charge >= 0.3 is 0 Å². The number of methoxy groups -OCH3 is 1. The monoisotopic (exact) mass is 250 g/mol. The summed E-state index contributed by atoms with van der Waals surface area (Å²) in [6.07, 6.45) is 0. The van der Waals surface area contributed by atoms with Crippen LogP contribution in [0.25, 0.3) is 0 Å². The smallest absolute Gasteiger partial charge is 0.161 e. The Labute approximate surface area is 107 Å². The van der Waals surface area contributed by atoms with Crippen molar-refractivity contribution in [1.82, 2.24) is 0 Å². The highest BCUT2D eigenvalue weighted by Gasteiger charge is 2.12. The molecular weight excluding hydrogens is 232 g/mol. The number of amidine groups is 1. The van der Waals surface area contributed by atoms with Crippen molar-refractivity contribution in [2.24, 2.45) is 10.9 Å². The Morgan fingerprint density at radius 2 is 2.29 bits per heavy atom. The number of benzene rings is 1. The molecule has 1 N–H and O–H groups in total. The average Bonchev–Trinajstić information content (AvgIpc) is 2.34. The maximum atomic E-state index is 5.19. The van der Waals surface area contributed by atoms with Gasteiger partial charge in [-0.2, -0.15) is 0 Å². The van der Waals surface area contributed by atoms with E-state index < -0.39 is 0 Å². The SMILES string of the molecule is COc1ccc(NC2=NCC(C)CS2)c(C)c1. The number of thioether (sulfide) groups is 1. The van der Waals surface area contributed by atoms with Crippen molar-refractivity contribution in [3.05, 3.63) is 23.8 Å². The lowest BCUT2D eigenvalue weighted by Gasteiger charge is -2.19. The lowest BCUT2D eigenvalue weighted by molar-refractivity contribution is 0.414. The fraction of sp³-hybridized carbons (Fsp3) is 0.462. The van der Waals surface area contributed by atoms with E-state index in [1.54, 1.807) is 18.9 Å². The van der Waals surface area contributed by atoms with Gasteiger partial charge in [-0.1, -0.05) is 18.7 Å². The van der Waals surface area contributed by atoms with E-state index in [1.807, 2.05) is 18.2 Å². The number of rotatable bonds is 2. The van der Waals surface area contributed by atoms with Crippen LogP contribution in [0.1, 0.15) is 12.5 Å². The van der Waals surface area contributed by atoms with Crippen molar-refractivity contribution < 1.29 is 4.74 Å². The summed E-state index contributed by atoms with van der Waals surface area (Å²) in [5.41, 5.74) is 2.28. The molecule has 0 aromatic heterocycles. The second-order valence-electron chi connectivity index (χ2n) is 4.37. The Hall–Kier alpha value is -1.16. The first-order chi connectivity index (χ1) is 8.19. The van der Waals surface area contributed by atoms with Gasteiger partial charge in [0.15, 0.2) is 5.17 Å². The van der Waals surface area contributed by atoms with E-state index in [0.29, 0.717) is 5.92 Å². The van der Waals surface area contributed by atoms with E-state index in [2.05, 4.69) is 24.2 Å². The molecule has 2 rings (SSSR count). The van der Waals surface area contributed by atoms with Gasteiger partial charge in [0.25, 0.3) is 0 Å². The van der Waals surface area contributed by atoms with Crippen LogP contribution in [0.2, 0.25) is 0 Å². The van der Waals surface area contributed by atoms with Crippen LogP contribution in [0.15, 0.2) is 23.2 Å². The summed E-state index contributed by atoms with van der Waals surface area (Å²) in [6, 6.07) is 6.03. The predicted molar refractivity (Wildman–Crippen MR) is 75.3 cm³/mol. The van der Waals surface area contributed by atoms with Crippen molar-refractivity contribution in [2.45, 2.75) is 13.8 Å². The van der Waals surface area contributed by atoms with Crippen LogP contribution in [0.4, 0.5) is 5.69 Å². The van der Waals surface area contributed by atoms with Gasteiger partial charge in [-0.3, -0.25) is 4.99 Å². The Kier molecular flexibility index (Phi) is 3.94. The number of aliphatic imine (C=N–C) groups is 1. The number of hydrogen-bond acceptors (Lipinski definition) is 4. The van der Waals surface area contributed by atoms with Crippen LogP contribution in [0.3, 0.4) is 0 Å². The summed E-state index contributed by atoms with van der Waals surface area (Å²) >= 11 is 1.79. The number of ether oxygens (including phenoxy) is 1. The molecule has 3 nitrogen and oxygen atoms in total. The maximum Gasteiger partial charge on any atom is 0.161 e. The summed E-state index contributed by atoms with van der Waals surface area (Å²) in [5.74, 6) is 2.71. The van der Waals surface area contributed by atoms with Crippen LogP contribution in [0.5, 0.6) is 5.75 Å². The molecular formula is C13H18N2OS. The van der Waals surface area contributed by atoms with Gasteiger partial charge in [-0.15, -0.1) is 0 Å². The van der Waals surface area contributed by atoms with Gasteiger partial charge in [0.05, 0.1) is 7.11 Å². The Bertz CT molecular complexity index is 431. The van der Waals surface area contributed by atoms with Crippen LogP contribution in [0, 0.1) is 12.8 Å². The third kappa shape index (κ3) is 3.16. The highest BCUT2D eigenvalue weighted by molar-refractivity contribution is 8.14. The zero-order chi connectivity index (χ0) is 12.3. The second kappa shape index (κ2) is 5.45. The van der Waals surface area contributed by atoms with Crippen molar-refractivity contribution in [1.29, 1.82) is 0 Å². The molecule has 0 aliphatic carbocycles. The zero-order valence-corrected chi connectivity index (χ0v) is 11.3. The summed E-state index contributed by atoms with van der Waals surface area (Å²) in [7, 11) is 1.68. The van der Waals surface area contributed by atoms with E-state index in [0.717, 1.165) is 28.9 Å². The number of aryl methyl sites for hydroxylation is 1. The summed E-state index contributed by atoms with van der Waals surface area (Å²) < 4.78 is 5.19. The van der Waals surface area contributed by atoms with E-state index in [-0.39, 0.29) is 0 Å². The van der Waals surface area contributed by atoms with Crippen molar-refractivity contribution in [2.75, 3.05) is 24.7 Å². The number of anilines is 1. The molecule has 0 radical (unpaired) electrons. The topological polar surface area (TPSA) is 33.6 Å². The van der Waals surface area contributed by atoms with Crippen LogP contribution >= 0.6 is 11.8 Å². The summed E-state index contributed by atoms with van der Waals surface area (Å²) in [5, 5.41) is 4.40. The number of hydrogen-bond donors (Lipinski definition) is 1. The first-order valence-corrected chi connectivity index (χ1v) is 6.76. The molecule has 1 aromatic rings. The molecule has 17 heavy (non-hydrogen) atoms. The molecule has 0 bridgehead atoms. The fourth-order valence-corrected chi connectivity index (χ4v) is 2.55. The van der Waals surface area contributed by atoms with E-state index in [4.69, 9.17) is 4.74 Å². The Morgan fingerprint density at radius 3 is 2.88 bits per heavy atom. The van der Waals surface area contributed by atoms with E-state index in [1.165, 1.54) is 5.56 Å². The quantitative estimate of drug-likeness (QED) is 0.875. The van der Waals surface area contributed by atoms with E-state index >= 15 is 0 Å². The summed E-state index contributed by atoms with van der Waals surface area (Å²) in [6.45, 7) is 5.22. The molecule has 1 aliphatic rings. The van der Waals surface area contributed by atoms with Crippen molar-refractivity contribution in [3.8, 4) is 5.75 Å². The maximum absolute atomic E-state index is 5.19. The minimum Gasteiger partial charge on any atom is -0.497 e. The van der Waals surface area contributed by atoms with E-state index in [9.17, 15) is 0 Å². The van der Waals surface area contributed by atoms with Gasteiger partial charge in [-0.25, -0.2) is 0 Å². The standard InChI is InChI=1S/C13H18N2OS/c1-9-7-14-13(17-8-9)15-12-5-4-11(16-3)6-10(12)2/h4-6,9H,7-8H2,1-3H3,(H,14,15).